The summed E-state index contributed by atoms with van der Waals surface area (Å²) in [5.41, 5.74) is 5.31. The van der Waals surface area contributed by atoms with Crippen LogP contribution in [0.25, 0.3) is 10.6 Å². The average molecular weight is 564 g/mol. The van der Waals surface area contributed by atoms with Crippen LogP contribution in [0, 0.1) is 19.8 Å². The van der Waals surface area contributed by atoms with Gasteiger partial charge in [-0.3, -0.25) is 9.59 Å². The van der Waals surface area contributed by atoms with Crippen molar-refractivity contribution in [1.82, 2.24) is 25.4 Å². The van der Waals surface area contributed by atoms with Crippen LogP contribution in [0.5, 0.6) is 5.75 Å². The molecule has 1 unspecified atom stereocenters. The van der Waals surface area contributed by atoms with Crippen molar-refractivity contribution in [2.75, 3.05) is 26.7 Å². The Balaban J connectivity index is 1.18. The predicted octanol–water partition coefficient (Wildman–Crippen LogP) is 4.79. The molecule has 8 nitrogen and oxygen atoms in total. The van der Waals surface area contributed by atoms with Crippen LogP contribution in [0.15, 0.2) is 47.3 Å². The van der Waals surface area contributed by atoms with Crippen molar-refractivity contribution in [2.45, 2.75) is 39.7 Å². The van der Waals surface area contributed by atoms with Gasteiger partial charge in [-0.25, -0.2) is 10.1 Å². The van der Waals surface area contributed by atoms with Gasteiger partial charge >= 0.3 is 4.87 Å². The van der Waals surface area contributed by atoms with E-state index in [0.717, 1.165) is 57.0 Å². The van der Waals surface area contributed by atoms with Gasteiger partial charge in [0.15, 0.2) is 0 Å². The van der Waals surface area contributed by atoms with Crippen LogP contribution in [0.3, 0.4) is 0 Å². The van der Waals surface area contributed by atoms with Gasteiger partial charge < -0.3 is 15.0 Å². The fraction of sp³-hybridized carbons (Fsp3) is 0.379. The third-order valence-electron chi connectivity index (χ3n) is 7.27. The highest BCUT2D eigenvalue weighted by molar-refractivity contribution is 7.15. The molecule has 4 aromatic rings. The van der Waals surface area contributed by atoms with Crippen LogP contribution in [0.1, 0.15) is 49.9 Å². The number of hydrogen-bond acceptors (Lipinski definition) is 8. The number of thiazole rings is 1. The van der Waals surface area contributed by atoms with Crippen LogP contribution >= 0.6 is 22.7 Å². The Morgan fingerprint density at radius 3 is 2.62 bits per heavy atom. The van der Waals surface area contributed by atoms with E-state index in [1.165, 1.54) is 11.1 Å². The third kappa shape index (κ3) is 6.29. The van der Waals surface area contributed by atoms with Crippen LogP contribution in [-0.4, -0.2) is 52.7 Å². The minimum absolute atomic E-state index is 0.126. The molecule has 1 aliphatic heterocycles. The first-order valence-corrected chi connectivity index (χ1v) is 14.7. The summed E-state index contributed by atoms with van der Waals surface area (Å²) in [6, 6.07) is 13.7. The molecule has 0 bridgehead atoms. The normalized spacial score (nSPS) is 17.4. The van der Waals surface area contributed by atoms with Gasteiger partial charge in [0, 0.05) is 36.7 Å². The number of aryl methyl sites for hydroxylation is 3. The molecule has 1 aliphatic rings. The van der Waals surface area contributed by atoms with Crippen molar-refractivity contribution < 1.29 is 9.53 Å². The van der Waals surface area contributed by atoms with Gasteiger partial charge in [0.2, 0.25) is 0 Å². The second kappa shape index (κ2) is 11.8. The summed E-state index contributed by atoms with van der Waals surface area (Å²) >= 11 is 2.82. The molecule has 10 heteroatoms. The molecule has 39 heavy (non-hydrogen) atoms. The molecule has 1 fully saturated rings. The molecular weight excluding hydrogens is 530 g/mol. The van der Waals surface area contributed by atoms with Crippen LogP contribution in [-0.2, 0) is 13.0 Å². The smallest absolute Gasteiger partial charge is 0.322 e. The first kappa shape index (κ1) is 27.2. The lowest BCUT2D eigenvalue weighted by molar-refractivity contribution is 0.0946. The highest BCUT2D eigenvalue weighted by Gasteiger charge is 2.34. The number of ether oxygens (including phenoxy) is 1. The van der Waals surface area contributed by atoms with E-state index in [-0.39, 0.29) is 22.6 Å². The first-order chi connectivity index (χ1) is 18.8. The van der Waals surface area contributed by atoms with E-state index in [4.69, 9.17) is 9.72 Å². The van der Waals surface area contributed by atoms with E-state index in [1.54, 1.807) is 23.5 Å². The maximum Gasteiger partial charge on any atom is 0.322 e. The molecule has 2 atom stereocenters. The van der Waals surface area contributed by atoms with E-state index in [0.29, 0.717) is 24.5 Å². The molecule has 3 heterocycles. The average Bonchev–Trinajstić information content (AvgIpc) is 3.65. The van der Waals surface area contributed by atoms with E-state index in [1.807, 2.05) is 19.2 Å². The first-order valence-electron chi connectivity index (χ1n) is 13.1. The van der Waals surface area contributed by atoms with E-state index < -0.39 is 0 Å². The van der Waals surface area contributed by atoms with Crippen LogP contribution in [0.2, 0.25) is 0 Å². The van der Waals surface area contributed by atoms with Gasteiger partial charge in [-0.05, 0) is 74.7 Å². The van der Waals surface area contributed by atoms with Crippen molar-refractivity contribution >= 4 is 28.6 Å². The number of benzene rings is 2. The maximum absolute atomic E-state index is 12.8. The zero-order valence-electron chi connectivity index (χ0n) is 22.6. The lowest BCUT2D eigenvalue weighted by Gasteiger charge is -2.16. The second-order valence-corrected chi connectivity index (χ2v) is 12.2. The summed E-state index contributed by atoms with van der Waals surface area (Å²) < 4.78 is 6.08. The Kier molecular flexibility index (Phi) is 8.25. The summed E-state index contributed by atoms with van der Waals surface area (Å²) in [5, 5.41) is 11.6. The molecule has 1 amide bonds. The Labute approximate surface area is 236 Å². The van der Waals surface area contributed by atoms with Gasteiger partial charge in [-0.2, -0.15) is 5.10 Å². The van der Waals surface area contributed by atoms with Gasteiger partial charge in [0.1, 0.15) is 22.4 Å². The van der Waals surface area contributed by atoms with Gasteiger partial charge in [0.05, 0.1) is 10.6 Å². The second-order valence-electron chi connectivity index (χ2n) is 10.1. The van der Waals surface area contributed by atoms with Gasteiger partial charge in [0.25, 0.3) is 5.91 Å². The Morgan fingerprint density at radius 2 is 1.92 bits per heavy atom. The monoisotopic (exact) mass is 563 g/mol. The standard InChI is InChI=1S/C29H33N5O3S2/c1-5-24-25(38-27(31-24)20-7-6-17(2)18(3)12-20)16-37-22-10-8-19(9-11-22)26(35)30-13-21-14-34(4)15-23(21)28-32-33-29(36)39-28/h6-12,21,23H,5,13-16H2,1-4H3,(H,30,35)(H,33,36)/t21?,23-/m0/s1. The lowest BCUT2D eigenvalue weighted by atomic mass is 9.96. The number of carbonyl (C=O) groups is 1. The fourth-order valence-corrected chi connectivity index (χ4v) is 6.77. The quantitative estimate of drug-likeness (QED) is 0.304. The number of likely N-dealkylation sites (tertiary alicyclic amines) is 1. The van der Waals surface area contributed by atoms with E-state index >= 15 is 0 Å². The number of amides is 1. The summed E-state index contributed by atoms with van der Waals surface area (Å²) in [6.45, 7) is 8.97. The fourth-order valence-electron chi connectivity index (χ4n) is 4.92. The van der Waals surface area contributed by atoms with E-state index in [2.05, 4.69) is 59.4 Å². The SMILES string of the molecule is CCc1nc(-c2ccc(C)c(C)c2)sc1COc1ccc(C(=O)NCC2CN(C)C[C@@H]2c2n[nH]c(=O)s2)cc1. The topological polar surface area (TPSA) is 100 Å². The number of rotatable bonds is 9. The Morgan fingerprint density at radius 1 is 1.13 bits per heavy atom. The molecule has 0 aliphatic carbocycles. The molecule has 2 aromatic carbocycles. The highest BCUT2D eigenvalue weighted by atomic mass is 32.1. The number of H-pyrrole nitrogens is 1. The van der Waals surface area contributed by atoms with Crippen molar-refractivity contribution in [3.05, 3.63) is 84.4 Å². The summed E-state index contributed by atoms with van der Waals surface area (Å²) in [4.78, 5) is 32.4. The summed E-state index contributed by atoms with van der Waals surface area (Å²) in [5.74, 6) is 0.909. The minimum Gasteiger partial charge on any atom is -0.488 e. The van der Waals surface area contributed by atoms with Crippen LogP contribution in [0.4, 0.5) is 0 Å². The summed E-state index contributed by atoms with van der Waals surface area (Å²) in [7, 11) is 2.04. The predicted molar refractivity (Wildman–Crippen MR) is 156 cm³/mol. The largest absolute Gasteiger partial charge is 0.488 e. The van der Waals surface area contributed by atoms with Crippen molar-refractivity contribution in [1.29, 1.82) is 0 Å². The molecule has 0 saturated carbocycles. The van der Waals surface area contributed by atoms with Crippen molar-refractivity contribution in [3.8, 4) is 16.3 Å². The van der Waals surface area contributed by atoms with Crippen LogP contribution < -0.4 is 14.9 Å². The molecular formula is C29H33N5O3S2. The van der Waals surface area contributed by atoms with Crippen molar-refractivity contribution in [2.24, 2.45) is 5.92 Å². The lowest BCUT2D eigenvalue weighted by Crippen LogP contribution is -2.32. The molecule has 1 saturated heterocycles. The minimum atomic E-state index is -0.146. The highest BCUT2D eigenvalue weighted by Crippen LogP contribution is 2.32. The number of carbonyl (C=O) groups excluding carboxylic acids is 1. The molecule has 2 N–H and O–H groups in total. The van der Waals surface area contributed by atoms with Gasteiger partial charge in [-0.1, -0.05) is 30.4 Å². The zero-order valence-corrected chi connectivity index (χ0v) is 24.2. The van der Waals surface area contributed by atoms with Crippen molar-refractivity contribution in [3.63, 3.8) is 0 Å². The molecule has 0 radical (unpaired) electrons. The Bertz CT molecular complexity index is 1510. The Hall–Kier alpha value is -3.34. The molecule has 0 spiro atoms. The number of nitrogens with zero attached hydrogens (tertiary/aromatic N) is 3. The molecule has 2 aromatic heterocycles. The molecule has 5 rings (SSSR count). The maximum atomic E-state index is 12.8. The number of hydrogen-bond donors (Lipinski definition) is 2. The number of aromatic amines is 1. The third-order valence-corrected chi connectivity index (χ3v) is 9.27. The summed E-state index contributed by atoms with van der Waals surface area (Å²) in [6.07, 6.45) is 0.843. The molecule has 204 valence electrons. The zero-order chi connectivity index (χ0) is 27.5. The number of aromatic nitrogens is 3. The number of likely N-dealkylation sites (N-methyl/N-ethyl adjacent to an activating group) is 1. The van der Waals surface area contributed by atoms with Gasteiger partial charge in [-0.15, -0.1) is 11.3 Å². The van der Waals surface area contributed by atoms with E-state index in [9.17, 15) is 9.59 Å². The number of nitrogens with one attached hydrogen (secondary N) is 2.